The Balaban J connectivity index is 1.87. The third-order valence-corrected chi connectivity index (χ3v) is 4.31. The molecule has 0 bridgehead atoms. The van der Waals surface area contributed by atoms with Gasteiger partial charge >= 0.3 is 0 Å². The molecule has 1 N–H and O–H groups in total. The molecule has 0 aliphatic carbocycles. The zero-order chi connectivity index (χ0) is 18.1. The molecule has 0 saturated heterocycles. The number of aliphatic hydroxyl groups excluding tert-OH is 1. The number of rotatable bonds is 11. The van der Waals surface area contributed by atoms with E-state index in [2.05, 4.69) is 24.8 Å². The van der Waals surface area contributed by atoms with Gasteiger partial charge in [0.15, 0.2) is 0 Å². The van der Waals surface area contributed by atoms with Crippen LogP contribution >= 0.6 is 0 Å². The Bertz CT molecular complexity index is 600. The highest BCUT2D eigenvalue weighted by Crippen LogP contribution is 2.17. The summed E-state index contributed by atoms with van der Waals surface area (Å²) in [6.07, 6.45) is 2.09. The molecule has 0 unspecified atom stereocenters. The summed E-state index contributed by atoms with van der Waals surface area (Å²) < 4.78 is 16.1. The average molecular weight is 347 g/mol. The molecule has 5 heteroatoms. The number of hydrogen-bond donors (Lipinski definition) is 1. The van der Waals surface area contributed by atoms with Crippen LogP contribution in [-0.2, 0) is 17.9 Å². The van der Waals surface area contributed by atoms with E-state index in [0.29, 0.717) is 19.2 Å². The lowest BCUT2D eigenvalue weighted by molar-refractivity contribution is -0.00272. The van der Waals surface area contributed by atoms with Gasteiger partial charge in [0.2, 0.25) is 0 Å². The standard InChI is InChI=1S/C20H29NO4/c1-4-16(2)21(12-17-7-5-8-19(11-17)23-3)13-18(22)14-24-15-20-9-6-10-25-20/h5-11,16,18,22H,4,12-15H2,1-3H3/t16-,18-/m1/s1. The first-order valence-corrected chi connectivity index (χ1v) is 8.77. The number of benzene rings is 1. The summed E-state index contributed by atoms with van der Waals surface area (Å²) in [6, 6.07) is 12.1. The molecular formula is C20H29NO4. The first-order valence-electron chi connectivity index (χ1n) is 8.77. The zero-order valence-corrected chi connectivity index (χ0v) is 15.4. The number of nitrogens with zero attached hydrogens (tertiary/aromatic N) is 1. The SMILES string of the molecule is CC[C@@H](C)N(Cc1cccc(OC)c1)C[C@@H](O)COCc1ccco1. The minimum atomic E-state index is -0.547. The third kappa shape index (κ3) is 6.53. The molecule has 2 aromatic rings. The van der Waals surface area contributed by atoms with Gasteiger partial charge in [-0.1, -0.05) is 19.1 Å². The van der Waals surface area contributed by atoms with Crippen LogP contribution in [0.4, 0.5) is 0 Å². The van der Waals surface area contributed by atoms with Gasteiger partial charge in [-0.2, -0.15) is 0 Å². The fraction of sp³-hybridized carbons (Fsp3) is 0.500. The van der Waals surface area contributed by atoms with E-state index >= 15 is 0 Å². The zero-order valence-electron chi connectivity index (χ0n) is 15.4. The number of methoxy groups -OCH3 is 1. The predicted octanol–water partition coefficient (Wildman–Crippen LogP) is 3.47. The summed E-state index contributed by atoms with van der Waals surface area (Å²) in [5.41, 5.74) is 1.17. The van der Waals surface area contributed by atoms with Crippen molar-refractivity contribution in [3.63, 3.8) is 0 Å². The van der Waals surface area contributed by atoms with E-state index in [9.17, 15) is 5.11 Å². The van der Waals surface area contributed by atoms with Crippen molar-refractivity contribution < 1.29 is 19.0 Å². The second-order valence-corrected chi connectivity index (χ2v) is 6.29. The van der Waals surface area contributed by atoms with Crippen LogP contribution in [0.5, 0.6) is 5.75 Å². The number of aliphatic hydroxyl groups is 1. The molecule has 0 radical (unpaired) electrons. The molecule has 0 fully saturated rings. The molecule has 0 aliphatic heterocycles. The molecule has 25 heavy (non-hydrogen) atoms. The van der Waals surface area contributed by atoms with E-state index in [4.69, 9.17) is 13.9 Å². The van der Waals surface area contributed by atoms with Crippen LogP contribution in [0.3, 0.4) is 0 Å². The molecule has 0 saturated carbocycles. The Labute approximate surface area is 150 Å². The summed E-state index contributed by atoms with van der Waals surface area (Å²) in [6.45, 7) is 6.32. The topological polar surface area (TPSA) is 55.1 Å². The van der Waals surface area contributed by atoms with Crippen molar-refractivity contribution >= 4 is 0 Å². The van der Waals surface area contributed by atoms with Crippen molar-refractivity contribution in [3.05, 3.63) is 54.0 Å². The van der Waals surface area contributed by atoms with E-state index in [1.807, 2.05) is 30.3 Å². The molecule has 2 rings (SSSR count). The van der Waals surface area contributed by atoms with E-state index < -0.39 is 6.10 Å². The summed E-state index contributed by atoms with van der Waals surface area (Å²) in [5.74, 6) is 1.62. The first kappa shape index (κ1) is 19.5. The fourth-order valence-electron chi connectivity index (χ4n) is 2.68. The quantitative estimate of drug-likeness (QED) is 0.674. The fourth-order valence-corrected chi connectivity index (χ4v) is 2.68. The maximum Gasteiger partial charge on any atom is 0.129 e. The lowest BCUT2D eigenvalue weighted by atomic mass is 10.1. The Morgan fingerprint density at radius 1 is 1.24 bits per heavy atom. The first-order chi connectivity index (χ1) is 12.1. The summed E-state index contributed by atoms with van der Waals surface area (Å²) >= 11 is 0. The number of ether oxygens (including phenoxy) is 2. The minimum Gasteiger partial charge on any atom is -0.497 e. The number of hydrogen-bond acceptors (Lipinski definition) is 5. The van der Waals surface area contributed by atoms with E-state index in [-0.39, 0.29) is 6.61 Å². The largest absolute Gasteiger partial charge is 0.497 e. The van der Waals surface area contributed by atoms with Gasteiger partial charge in [-0.3, -0.25) is 4.90 Å². The molecule has 5 nitrogen and oxygen atoms in total. The molecule has 138 valence electrons. The van der Waals surface area contributed by atoms with Crippen molar-refractivity contribution in [2.45, 2.75) is 45.6 Å². The van der Waals surface area contributed by atoms with Crippen molar-refractivity contribution in [1.29, 1.82) is 0 Å². The summed E-state index contributed by atoms with van der Waals surface area (Å²) in [7, 11) is 1.67. The molecule has 0 aliphatic rings. The second-order valence-electron chi connectivity index (χ2n) is 6.29. The molecule has 2 atom stereocenters. The van der Waals surface area contributed by atoms with Crippen LogP contribution in [0.15, 0.2) is 47.1 Å². The van der Waals surface area contributed by atoms with Gasteiger partial charge in [0, 0.05) is 19.1 Å². The Kier molecular flexibility index (Phi) is 7.98. The van der Waals surface area contributed by atoms with Crippen molar-refractivity contribution in [2.75, 3.05) is 20.3 Å². The highest BCUT2D eigenvalue weighted by atomic mass is 16.5. The molecule has 1 heterocycles. The summed E-state index contributed by atoms with van der Waals surface area (Å²) in [4.78, 5) is 2.27. The highest BCUT2D eigenvalue weighted by Gasteiger charge is 2.17. The molecule has 1 aromatic heterocycles. The van der Waals surface area contributed by atoms with Gasteiger partial charge in [0.1, 0.15) is 18.1 Å². The third-order valence-electron chi connectivity index (χ3n) is 4.31. The number of furan rings is 1. The minimum absolute atomic E-state index is 0.283. The Morgan fingerprint density at radius 3 is 2.76 bits per heavy atom. The van der Waals surface area contributed by atoms with E-state index in [1.165, 1.54) is 5.56 Å². The maximum absolute atomic E-state index is 10.3. The molecule has 0 spiro atoms. The molecule has 0 amide bonds. The maximum atomic E-state index is 10.3. The van der Waals surface area contributed by atoms with Crippen LogP contribution in [-0.4, -0.2) is 42.4 Å². The molecular weight excluding hydrogens is 318 g/mol. The highest BCUT2D eigenvalue weighted by molar-refractivity contribution is 5.28. The van der Waals surface area contributed by atoms with E-state index in [0.717, 1.165) is 24.5 Å². The van der Waals surface area contributed by atoms with Crippen molar-refractivity contribution in [2.24, 2.45) is 0 Å². The Morgan fingerprint density at radius 2 is 2.08 bits per heavy atom. The van der Waals surface area contributed by atoms with Gasteiger partial charge < -0.3 is 19.0 Å². The van der Waals surface area contributed by atoms with Crippen molar-refractivity contribution in [3.8, 4) is 5.75 Å². The van der Waals surface area contributed by atoms with Crippen LogP contribution in [0.1, 0.15) is 31.6 Å². The smallest absolute Gasteiger partial charge is 0.129 e. The monoisotopic (exact) mass is 347 g/mol. The lowest BCUT2D eigenvalue weighted by Gasteiger charge is -2.30. The predicted molar refractivity (Wildman–Crippen MR) is 97.5 cm³/mol. The summed E-state index contributed by atoms with van der Waals surface area (Å²) in [5, 5.41) is 10.3. The second kappa shape index (κ2) is 10.2. The lowest BCUT2D eigenvalue weighted by Crippen LogP contribution is -2.39. The van der Waals surface area contributed by atoms with Crippen LogP contribution in [0.2, 0.25) is 0 Å². The van der Waals surface area contributed by atoms with Crippen LogP contribution < -0.4 is 4.74 Å². The van der Waals surface area contributed by atoms with Gasteiger partial charge in [0.25, 0.3) is 0 Å². The van der Waals surface area contributed by atoms with Crippen LogP contribution in [0.25, 0.3) is 0 Å². The van der Waals surface area contributed by atoms with Gasteiger partial charge in [0.05, 0.1) is 26.1 Å². The Hall–Kier alpha value is -1.82. The molecule has 1 aromatic carbocycles. The van der Waals surface area contributed by atoms with Gasteiger partial charge in [-0.05, 0) is 43.2 Å². The van der Waals surface area contributed by atoms with Gasteiger partial charge in [-0.15, -0.1) is 0 Å². The normalized spacial score (nSPS) is 13.8. The average Bonchev–Trinajstić information content (AvgIpc) is 3.14. The van der Waals surface area contributed by atoms with Gasteiger partial charge in [-0.25, -0.2) is 0 Å². The van der Waals surface area contributed by atoms with Crippen LogP contribution in [0, 0.1) is 0 Å². The van der Waals surface area contributed by atoms with E-state index in [1.54, 1.807) is 13.4 Å². The van der Waals surface area contributed by atoms with Crippen molar-refractivity contribution in [1.82, 2.24) is 4.90 Å².